The highest BCUT2D eigenvalue weighted by Gasteiger charge is 2.28. The highest BCUT2D eigenvalue weighted by Crippen LogP contribution is 2.19. The van der Waals surface area contributed by atoms with Crippen LogP contribution in [0.3, 0.4) is 0 Å². The van der Waals surface area contributed by atoms with Crippen LogP contribution in [0.1, 0.15) is 6.92 Å². The molecule has 0 atom stereocenters. The maximum Gasteiger partial charge on any atom is 0.243 e. The molecule has 1 fully saturated rings. The fourth-order valence-electron chi connectivity index (χ4n) is 2.40. The van der Waals surface area contributed by atoms with E-state index in [1.54, 1.807) is 12.1 Å². The number of carbonyl (C=O) groups excluding carboxylic acids is 1. The highest BCUT2D eigenvalue weighted by molar-refractivity contribution is 7.89. The fourth-order valence-corrected chi connectivity index (χ4v) is 3.82. The summed E-state index contributed by atoms with van der Waals surface area (Å²) >= 11 is 0. The molecule has 0 bridgehead atoms. The molecule has 8 heteroatoms. The third-order valence-electron chi connectivity index (χ3n) is 3.56. The molecule has 122 valence electrons. The smallest absolute Gasteiger partial charge is 0.243 e. The first-order valence-electron chi connectivity index (χ1n) is 7.14. The van der Waals surface area contributed by atoms with Crippen molar-refractivity contribution >= 4 is 21.6 Å². The third kappa shape index (κ3) is 4.04. The maximum absolute atomic E-state index is 12.6. The molecular formula is C14H21N3O4S. The molecule has 0 radical (unpaired) electrons. The summed E-state index contributed by atoms with van der Waals surface area (Å²) in [5, 5.41) is 11.5. The van der Waals surface area contributed by atoms with Gasteiger partial charge < -0.3 is 10.4 Å². The van der Waals surface area contributed by atoms with Crippen LogP contribution in [-0.2, 0) is 14.8 Å². The van der Waals surface area contributed by atoms with Gasteiger partial charge in [-0.05, 0) is 24.3 Å². The van der Waals surface area contributed by atoms with Crippen molar-refractivity contribution in [1.29, 1.82) is 0 Å². The van der Waals surface area contributed by atoms with Gasteiger partial charge in [-0.3, -0.25) is 9.69 Å². The normalized spacial score (nSPS) is 17.4. The average molecular weight is 327 g/mol. The standard InChI is InChI=1S/C14H21N3O4S/c1-12(19)15-13-2-4-14(5-3-13)22(20,21)17-8-6-16(7-9-17)10-11-18/h2-5,18H,6-11H2,1H3,(H,15,19). The van der Waals surface area contributed by atoms with Gasteiger partial charge in [-0.1, -0.05) is 0 Å². The molecule has 2 rings (SSSR count). The van der Waals surface area contributed by atoms with Crippen LogP contribution in [0.4, 0.5) is 5.69 Å². The van der Waals surface area contributed by atoms with E-state index in [1.807, 2.05) is 4.90 Å². The maximum atomic E-state index is 12.6. The number of piperazine rings is 1. The van der Waals surface area contributed by atoms with Gasteiger partial charge in [0.15, 0.2) is 0 Å². The lowest BCUT2D eigenvalue weighted by Gasteiger charge is -2.33. The van der Waals surface area contributed by atoms with Crippen LogP contribution in [0.5, 0.6) is 0 Å². The Labute approximate surface area is 130 Å². The molecule has 0 aliphatic carbocycles. The third-order valence-corrected chi connectivity index (χ3v) is 5.47. The number of β-amino-alcohol motifs (C(OH)–C–C–N with tert-alkyl or cyclic N) is 1. The Bertz CT molecular complexity index is 607. The van der Waals surface area contributed by atoms with Crippen LogP contribution in [0.15, 0.2) is 29.2 Å². The van der Waals surface area contributed by atoms with Crippen molar-refractivity contribution in [2.24, 2.45) is 0 Å². The SMILES string of the molecule is CC(=O)Nc1ccc(S(=O)(=O)N2CCN(CCO)CC2)cc1. The molecule has 1 aliphatic heterocycles. The van der Waals surface area contributed by atoms with E-state index in [0.717, 1.165) is 0 Å². The van der Waals surface area contributed by atoms with Crippen LogP contribution < -0.4 is 5.32 Å². The first-order chi connectivity index (χ1) is 10.4. The molecule has 0 aromatic heterocycles. The lowest BCUT2D eigenvalue weighted by atomic mass is 10.3. The molecule has 1 heterocycles. The van der Waals surface area contributed by atoms with Gasteiger partial charge in [0.1, 0.15) is 0 Å². The number of aliphatic hydroxyl groups is 1. The summed E-state index contributed by atoms with van der Waals surface area (Å²) in [6.45, 7) is 4.10. The zero-order valence-corrected chi connectivity index (χ0v) is 13.3. The summed E-state index contributed by atoms with van der Waals surface area (Å²) in [6.07, 6.45) is 0. The number of nitrogens with one attached hydrogen (secondary N) is 1. The van der Waals surface area contributed by atoms with Crippen molar-refractivity contribution in [3.05, 3.63) is 24.3 Å². The van der Waals surface area contributed by atoms with Gasteiger partial charge in [0, 0.05) is 45.3 Å². The summed E-state index contributed by atoms with van der Waals surface area (Å²) in [5.74, 6) is -0.199. The summed E-state index contributed by atoms with van der Waals surface area (Å²) in [5.41, 5.74) is 0.569. The average Bonchev–Trinajstić information content (AvgIpc) is 2.48. The zero-order valence-electron chi connectivity index (χ0n) is 12.5. The van der Waals surface area contributed by atoms with Gasteiger partial charge in [-0.25, -0.2) is 8.42 Å². The summed E-state index contributed by atoms with van der Waals surface area (Å²) in [7, 11) is -3.51. The fraction of sp³-hybridized carbons (Fsp3) is 0.500. The number of carbonyl (C=O) groups is 1. The van der Waals surface area contributed by atoms with E-state index >= 15 is 0 Å². The van der Waals surface area contributed by atoms with E-state index in [1.165, 1.54) is 23.4 Å². The number of sulfonamides is 1. The number of nitrogens with zero attached hydrogens (tertiary/aromatic N) is 2. The Kier molecular flexibility index (Phi) is 5.52. The van der Waals surface area contributed by atoms with Crippen LogP contribution >= 0.6 is 0 Å². The predicted octanol–water partition coefficient (Wildman–Crippen LogP) is -0.0564. The minimum atomic E-state index is -3.51. The van der Waals surface area contributed by atoms with Crippen LogP contribution in [0, 0.1) is 0 Å². The van der Waals surface area contributed by atoms with Gasteiger partial charge >= 0.3 is 0 Å². The number of benzene rings is 1. The van der Waals surface area contributed by atoms with Crippen molar-refractivity contribution in [3.63, 3.8) is 0 Å². The molecule has 1 aromatic rings. The lowest BCUT2D eigenvalue weighted by molar-refractivity contribution is -0.114. The lowest BCUT2D eigenvalue weighted by Crippen LogP contribution is -2.49. The number of hydrogen-bond donors (Lipinski definition) is 2. The first kappa shape index (κ1) is 16.9. The molecule has 1 amide bonds. The van der Waals surface area contributed by atoms with Crippen molar-refractivity contribution < 1.29 is 18.3 Å². The molecule has 2 N–H and O–H groups in total. The van der Waals surface area contributed by atoms with E-state index in [2.05, 4.69) is 5.32 Å². The second-order valence-corrected chi connectivity index (χ2v) is 7.11. The largest absolute Gasteiger partial charge is 0.395 e. The monoisotopic (exact) mass is 327 g/mol. The summed E-state index contributed by atoms with van der Waals surface area (Å²) < 4.78 is 26.6. The number of amides is 1. The minimum Gasteiger partial charge on any atom is -0.395 e. The van der Waals surface area contributed by atoms with Crippen LogP contribution in [-0.4, -0.2) is 68.0 Å². The van der Waals surface area contributed by atoms with E-state index in [4.69, 9.17) is 5.11 Å². The van der Waals surface area contributed by atoms with Crippen LogP contribution in [0.25, 0.3) is 0 Å². The summed E-state index contributed by atoms with van der Waals surface area (Å²) in [4.78, 5) is 13.2. The van der Waals surface area contributed by atoms with Crippen molar-refractivity contribution in [2.75, 3.05) is 44.6 Å². The molecule has 1 saturated heterocycles. The topological polar surface area (TPSA) is 90.0 Å². The Balaban J connectivity index is 2.06. The van der Waals surface area contributed by atoms with Crippen LogP contribution in [0.2, 0.25) is 0 Å². The van der Waals surface area contributed by atoms with Gasteiger partial charge in [-0.2, -0.15) is 4.31 Å². The van der Waals surface area contributed by atoms with E-state index in [0.29, 0.717) is 38.4 Å². The molecule has 0 saturated carbocycles. The Morgan fingerprint density at radius 3 is 2.27 bits per heavy atom. The van der Waals surface area contributed by atoms with Gasteiger partial charge in [0.2, 0.25) is 15.9 Å². The van der Waals surface area contributed by atoms with E-state index in [-0.39, 0.29) is 17.4 Å². The summed E-state index contributed by atoms with van der Waals surface area (Å²) in [6, 6.07) is 6.16. The van der Waals surface area contributed by atoms with Crippen molar-refractivity contribution in [1.82, 2.24) is 9.21 Å². The van der Waals surface area contributed by atoms with Gasteiger partial charge in [-0.15, -0.1) is 0 Å². The second kappa shape index (κ2) is 7.19. The van der Waals surface area contributed by atoms with Crippen molar-refractivity contribution in [3.8, 4) is 0 Å². The van der Waals surface area contributed by atoms with E-state index in [9.17, 15) is 13.2 Å². The number of rotatable bonds is 5. The first-order valence-corrected chi connectivity index (χ1v) is 8.58. The van der Waals surface area contributed by atoms with Crippen molar-refractivity contribution in [2.45, 2.75) is 11.8 Å². The van der Waals surface area contributed by atoms with Gasteiger partial charge in [0.25, 0.3) is 0 Å². The molecule has 7 nitrogen and oxygen atoms in total. The quantitative estimate of drug-likeness (QED) is 0.791. The Morgan fingerprint density at radius 2 is 1.77 bits per heavy atom. The minimum absolute atomic E-state index is 0.0807. The molecule has 0 spiro atoms. The Hall–Kier alpha value is -1.48. The van der Waals surface area contributed by atoms with Gasteiger partial charge in [0.05, 0.1) is 11.5 Å². The van der Waals surface area contributed by atoms with E-state index < -0.39 is 10.0 Å². The highest BCUT2D eigenvalue weighted by atomic mass is 32.2. The molecule has 0 unspecified atom stereocenters. The number of hydrogen-bond acceptors (Lipinski definition) is 5. The zero-order chi connectivity index (χ0) is 16.2. The number of anilines is 1. The second-order valence-electron chi connectivity index (χ2n) is 5.17. The molecule has 1 aliphatic rings. The molecule has 1 aromatic carbocycles. The predicted molar refractivity (Wildman–Crippen MR) is 83.0 cm³/mol. The number of aliphatic hydroxyl groups excluding tert-OH is 1. The Morgan fingerprint density at radius 1 is 1.18 bits per heavy atom. The molecular weight excluding hydrogens is 306 g/mol. The molecule has 22 heavy (non-hydrogen) atoms.